The second kappa shape index (κ2) is 7.80. The molecule has 1 N–H and O–H groups in total. The highest BCUT2D eigenvalue weighted by atomic mass is 16.5. The van der Waals surface area contributed by atoms with Gasteiger partial charge in [0.15, 0.2) is 16.9 Å². The van der Waals surface area contributed by atoms with Gasteiger partial charge in [-0.25, -0.2) is 4.79 Å². The molecular formula is C27H27NO5. The maximum atomic E-state index is 12.6. The smallest absolute Gasteiger partial charge is 0.341 e. The van der Waals surface area contributed by atoms with Gasteiger partial charge in [0.2, 0.25) is 0 Å². The highest BCUT2D eigenvalue weighted by Gasteiger charge is 2.47. The van der Waals surface area contributed by atoms with E-state index in [2.05, 4.69) is 19.9 Å². The lowest BCUT2D eigenvalue weighted by atomic mass is 9.77. The molecule has 1 fully saturated rings. The van der Waals surface area contributed by atoms with Gasteiger partial charge in [-0.2, -0.15) is 0 Å². The topological polar surface area (TPSA) is 77.8 Å². The molecule has 0 amide bonds. The van der Waals surface area contributed by atoms with Crippen molar-refractivity contribution in [3.8, 4) is 22.8 Å². The van der Waals surface area contributed by atoms with Gasteiger partial charge in [0, 0.05) is 29.8 Å². The normalized spacial score (nSPS) is 19.8. The molecule has 1 aromatic heterocycles. The molecule has 0 saturated heterocycles. The molecule has 170 valence electrons. The fourth-order valence-corrected chi connectivity index (χ4v) is 5.54. The summed E-state index contributed by atoms with van der Waals surface area (Å²) in [5, 5.41) is 9.55. The quantitative estimate of drug-likeness (QED) is 0.580. The van der Waals surface area contributed by atoms with Crippen LogP contribution in [0.2, 0.25) is 0 Å². The first-order valence-electron chi connectivity index (χ1n) is 11.2. The first kappa shape index (κ1) is 21.3. The summed E-state index contributed by atoms with van der Waals surface area (Å²) in [6.07, 6.45) is 3.50. The van der Waals surface area contributed by atoms with Gasteiger partial charge in [-0.15, -0.1) is 0 Å². The number of carboxylic acid groups (broad SMARTS) is 1. The maximum absolute atomic E-state index is 12.6. The lowest BCUT2D eigenvalue weighted by Gasteiger charge is -2.40. The molecule has 2 aromatic carbocycles. The zero-order chi connectivity index (χ0) is 23.3. The third kappa shape index (κ3) is 3.50. The molecule has 1 aliphatic carbocycles. The number of pyridine rings is 1. The zero-order valence-corrected chi connectivity index (χ0v) is 19.0. The number of ether oxygens (including phenoxy) is 2. The van der Waals surface area contributed by atoms with E-state index in [1.54, 1.807) is 7.11 Å². The predicted molar refractivity (Wildman–Crippen MR) is 125 cm³/mol. The lowest BCUT2D eigenvalue weighted by molar-refractivity contribution is 0.0693. The summed E-state index contributed by atoms with van der Waals surface area (Å²) >= 11 is 0. The van der Waals surface area contributed by atoms with E-state index >= 15 is 0 Å². The van der Waals surface area contributed by atoms with Crippen molar-refractivity contribution in [3.05, 3.63) is 81.6 Å². The summed E-state index contributed by atoms with van der Waals surface area (Å²) in [6, 6.07) is 15.4. The molecule has 6 heteroatoms. The Balaban J connectivity index is 1.66. The van der Waals surface area contributed by atoms with E-state index in [4.69, 9.17) is 9.47 Å². The second-order valence-electron chi connectivity index (χ2n) is 9.59. The van der Waals surface area contributed by atoms with Crippen LogP contribution in [0.5, 0.6) is 11.5 Å². The zero-order valence-electron chi connectivity index (χ0n) is 19.0. The standard InChI is InChI=1S/C27H27NO5/c1-27(2)10-9-17-18-11-24(33-15-16-7-5-4-6-8-16)23(32-3)12-19(18)21-13-22(29)20(26(30)31)14-28(21)25(17)27/h4-8,11-14,17,25H,9-10,15H2,1-3H3,(H,30,31)/t17-,25+/m1/s1. The largest absolute Gasteiger partial charge is 0.493 e. The van der Waals surface area contributed by atoms with Crippen molar-refractivity contribution in [3.63, 3.8) is 0 Å². The van der Waals surface area contributed by atoms with Crippen LogP contribution in [0.25, 0.3) is 11.3 Å². The average molecular weight is 446 g/mol. The van der Waals surface area contributed by atoms with Crippen molar-refractivity contribution in [1.29, 1.82) is 0 Å². The molecule has 0 spiro atoms. The summed E-state index contributed by atoms with van der Waals surface area (Å²) in [7, 11) is 1.60. The van der Waals surface area contributed by atoms with Crippen molar-refractivity contribution in [2.75, 3.05) is 7.11 Å². The first-order valence-corrected chi connectivity index (χ1v) is 11.2. The highest BCUT2D eigenvalue weighted by Crippen LogP contribution is 2.59. The van der Waals surface area contributed by atoms with Gasteiger partial charge in [0.25, 0.3) is 0 Å². The van der Waals surface area contributed by atoms with E-state index < -0.39 is 11.4 Å². The van der Waals surface area contributed by atoms with E-state index in [0.29, 0.717) is 18.1 Å². The van der Waals surface area contributed by atoms with Crippen LogP contribution < -0.4 is 14.9 Å². The van der Waals surface area contributed by atoms with E-state index in [9.17, 15) is 14.7 Å². The molecule has 5 rings (SSSR count). The molecule has 6 nitrogen and oxygen atoms in total. The highest BCUT2D eigenvalue weighted by molar-refractivity contribution is 5.88. The van der Waals surface area contributed by atoms with E-state index in [1.165, 1.54) is 12.3 Å². The first-order chi connectivity index (χ1) is 15.8. The van der Waals surface area contributed by atoms with Gasteiger partial charge < -0.3 is 19.1 Å². The molecule has 0 unspecified atom stereocenters. The van der Waals surface area contributed by atoms with Gasteiger partial charge >= 0.3 is 5.97 Å². The number of carbonyl (C=O) groups is 1. The Morgan fingerprint density at radius 2 is 1.91 bits per heavy atom. The minimum Gasteiger partial charge on any atom is -0.493 e. The van der Waals surface area contributed by atoms with Crippen LogP contribution in [-0.2, 0) is 6.61 Å². The SMILES string of the molecule is COc1cc2c(cc1OCc1ccccc1)[C@H]1CCC(C)(C)[C@H]1n1cc(C(=O)O)c(=O)cc1-2. The monoisotopic (exact) mass is 445 g/mol. The summed E-state index contributed by atoms with van der Waals surface area (Å²) in [6.45, 7) is 4.84. The Morgan fingerprint density at radius 3 is 2.61 bits per heavy atom. The Bertz CT molecular complexity index is 1290. The van der Waals surface area contributed by atoms with Crippen LogP contribution in [0.4, 0.5) is 0 Å². The fraction of sp³-hybridized carbons (Fsp3) is 0.333. The lowest BCUT2D eigenvalue weighted by Crippen LogP contribution is -2.32. The van der Waals surface area contributed by atoms with Crippen LogP contribution >= 0.6 is 0 Å². The molecule has 3 aromatic rings. The number of rotatable bonds is 5. The number of benzene rings is 2. The molecule has 2 heterocycles. The van der Waals surface area contributed by atoms with Crippen LogP contribution in [0.15, 0.2) is 59.5 Å². The third-order valence-electron chi connectivity index (χ3n) is 7.14. The molecule has 1 saturated carbocycles. The van der Waals surface area contributed by atoms with E-state index in [1.807, 2.05) is 41.0 Å². The van der Waals surface area contributed by atoms with E-state index in [-0.39, 0.29) is 22.9 Å². The molecule has 2 aliphatic rings. The number of hydrogen-bond acceptors (Lipinski definition) is 4. The van der Waals surface area contributed by atoms with Gasteiger partial charge in [0.05, 0.1) is 12.8 Å². The number of fused-ring (bicyclic) bond motifs is 6. The molecule has 1 aliphatic heterocycles. The van der Waals surface area contributed by atoms with Crippen LogP contribution in [0.1, 0.15) is 60.1 Å². The van der Waals surface area contributed by atoms with Crippen molar-refractivity contribution in [2.45, 2.75) is 45.3 Å². The Labute approximate surface area is 192 Å². The minimum absolute atomic E-state index is 0.0487. The molecule has 33 heavy (non-hydrogen) atoms. The van der Waals surface area contributed by atoms with Gasteiger partial charge in [-0.3, -0.25) is 4.79 Å². The molecular weight excluding hydrogens is 418 g/mol. The number of methoxy groups -OCH3 is 1. The van der Waals surface area contributed by atoms with Gasteiger partial charge in [-0.1, -0.05) is 44.2 Å². The minimum atomic E-state index is -1.20. The maximum Gasteiger partial charge on any atom is 0.341 e. The summed E-state index contributed by atoms with van der Waals surface area (Å²) in [4.78, 5) is 24.3. The van der Waals surface area contributed by atoms with Crippen LogP contribution in [-0.4, -0.2) is 22.8 Å². The fourth-order valence-electron chi connectivity index (χ4n) is 5.54. The molecule has 0 bridgehead atoms. The summed E-state index contributed by atoms with van der Waals surface area (Å²) < 4.78 is 13.8. The predicted octanol–water partition coefficient (Wildman–Crippen LogP) is 5.26. The summed E-state index contributed by atoms with van der Waals surface area (Å²) in [5.74, 6) is 0.246. The van der Waals surface area contributed by atoms with Crippen molar-refractivity contribution < 1.29 is 19.4 Å². The van der Waals surface area contributed by atoms with Crippen molar-refractivity contribution in [2.24, 2.45) is 5.41 Å². The third-order valence-corrected chi connectivity index (χ3v) is 7.14. The Hall–Kier alpha value is -3.54. The average Bonchev–Trinajstić information content (AvgIpc) is 3.12. The number of carboxylic acids is 1. The summed E-state index contributed by atoms with van der Waals surface area (Å²) in [5.41, 5.74) is 3.08. The van der Waals surface area contributed by atoms with Crippen molar-refractivity contribution >= 4 is 5.97 Å². The number of aromatic nitrogens is 1. The van der Waals surface area contributed by atoms with Crippen molar-refractivity contribution in [1.82, 2.24) is 4.57 Å². The van der Waals surface area contributed by atoms with E-state index in [0.717, 1.165) is 35.2 Å². The van der Waals surface area contributed by atoms with Gasteiger partial charge in [0.1, 0.15) is 12.2 Å². The van der Waals surface area contributed by atoms with Crippen LogP contribution in [0, 0.1) is 5.41 Å². The number of hydrogen-bond donors (Lipinski definition) is 1. The Kier molecular flexibility index (Phi) is 5.04. The Morgan fingerprint density at radius 1 is 1.15 bits per heavy atom. The molecule has 0 radical (unpaired) electrons. The number of aromatic carboxylic acids is 1. The van der Waals surface area contributed by atoms with Gasteiger partial charge in [-0.05, 0) is 41.5 Å². The molecule has 2 atom stereocenters. The number of nitrogens with zero attached hydrogens (tertiary/aromatic N) is 1. The second-order valence-corrected chi connectivity index (χ2v) is 9.59. The van der Waals surface area contributed by atoms with Crippen LogP contribution in [0.3, 0.4) is 0 Å².